The maximum Gasteiger partial charge on any atom is 0.280 e. The van der Waals surface area contributed by atoms with Gasteiger partial charge in [-0.05, 0) is 68.4 Å². The molecule has 0 saturated carbocycles. The molecule has 0 aliphatic carbocycles. The van der Waals surface area contributed by atoms with E-state index in [0.29, 0.717) is 39.7 Å². The van der Waals surface area contributed by atoms with E-state index in [0.717, 1.165) is 17.0 Å². The molecule has 0 radical (unpaired) electrons. The van der Waals surface area contributed by atoms with Gasteiger partial charge in [0.2, 0.25) is 0 Å². The zero-order valence-electron chi connectivity index (χ0n) is 18.3. The highest BCUT2D eigenvalue weighted by Gasteiger charge is 2.14. The van der Waals surface area contributed by atoms with Crippen molar-refractivity contribution >= 4 is 33.4 Å². The third-order valence-corrected chi connectivity index (χ3v) is 5.50. The minimum absolute atomic E-state index is 0.188. The van der Waals surface area contributed by atoms with Gasteiger partial charge in [0.25, 0.3) is 11.5 Å². The van der Waals surface area contributed by atoms with Gasteiger partial charge in [-0.25, -0.2) is 4.68 Å². The Morgan fingerprint density at radius 2 is 1.79 bits per heavy atom. The average Bonchev–Trinajstić information content (AvgIpc) is 3.17. The maximum atomic E-state index is 13.0. The molecule has 0 bridgehead atoms. The van der Waals surface area contributed by atoms with Gasteiger partial charge < -0.3 is 10.1 Å². The minimum atomic E-state index is -0.252. The van der Waals surface area contributed by atoms with Crippen LogP contribution in [0.25, 0.3) is 27.5 Å². The van der Waals surface area contributed by atoms with Crippen molar-refractivity contribution in [2.24, 2.45) is 0 Å². The molecule has 5 aromatic rings. The van der Waals surface area contributed by atoms with Gasteiger partial charge in [0.1, 0.15) is 5.75 Å². The van der Waals surface area contributed by atoms with Gasteiger partial charge in [-0.3, -0.25) is 19.7 Å². The maximum absolute atomic E-state index is 13.0. The number of anilines is 1. The molecule has 0 saturated heterocycles. The van der Waals surface area contributed by atoms with E-state index in [9.17, 15) is 9.59 Å². The number of ether oxygens (including phenoxy) is 1. The topological polar surface area (TPSA) is 89.0 Å². The molecule has 2 aromatic heterocycles. The number of amides is 1. The van der Waals surface area contributed by atoms with E-state index in [1.54, 1.807) is 36.5 Å². The lowest BCUT2D eigenvalue weighted by Gasteiger charge is -2.08. The lowest BCUT2D eigenvalue weighted by molar-refractivity contribution is 0.102. The first-order chi connectivity index (χ1) is 16.0. The fourth-order valence-electron chi connectivity index (χ4n) is 3.78. The Morgan fingerprint density at radius 3 is 2.52 bits per heavy atom. The molecule has 0 aliphatic heterocycles. The summed E-state index contributed by atoms with van der Waals surface area (Å²) in [5, 5.41) is 7.26. The van der Waals surface area contributed by atoms with E-state index in [2.05, 4.69) is 15.4 Å². The number of benzene rings is 3. The van der Waals surface area contributed by atoms with Gasteiger partial charge in [-0.2, -0.15) is 0 Å². The number of hydrogen-bond acceptors (Lipinski definition) is 4. The third kappa shape index (κ3) is 3.85. The molecule has 3 aromatic carbocycles. The molecule has 2 N–H and O–H groups in total. The second-order valence-corrected chi connectivity index (χ2v) is 7.78. The predicted octanol–water partition coefficient (Wildman–Crippen LogP) is 4.83. The van der Waals surface area contributed by atoms with Crippen LogP contribution in [0.5, 0.6) is 5.75 Å². The summed E-state index contributed by atoms with van der Waals surface area (Å²) in [6.45, 7) is 4.50. The number of aromatic amines is 1. The highest BCUT2D eigenvalue weighted by atomic mass is 16.5. The summed E-state index contributed by atoms with van der Waals surface area (Å²) < 4.78 is 6.94. The number of carbonyl (C=O) groups excluding carboxylic acids is 1. The molecule has 1 amide bonds. The summed E-state index contributed by atoms with van der Waals surface area (Å²) >= 11 is 0. The molecular weight excluding hydrogens is 416 g/mol. The molecule has 0 atom stereocenters. The van der Waals surface area contributed by atoms with Crippen molar-refractivity contribution in [1.29, 1.82) is 0 Å². The SMILES string of the molecule is CCOc1ccc(NC(=O)c2ccc3ncc4c(=O)n(-c5ccc(C)cc5)[nH]c4c3c2)cc1. The lowest BCUT2D eigenvalue weighted by atomic mass is 10.1. The molecule has 0 spiro atoms. The summed E-state index contributed by atoms with van der Waals surface area (Å²) in [6, 6.07) is 20.1. The van der Waals surface area contributed by atoms with E-state index in [1.807, 2.05) is 50.2 Å². The zero-order chi connectivity index (χ0) is 22.9. The quantitative estimate of drug-likeness (QED) is 0.411. The van der Waals surface area contributed by atoms with Gasteiger partial charge in [-0.1, -0.05) is 17.7 Å². The van der Waals surface area contributed by atoms with E-state index in [4.69, 9.17) is 4.74 Å². The van der Waals surface area contributed by atoms with Crippen LogP contribution in [0.3, 0.4) is 0 Å². The molecule has 5 rings (SSSR count). The third-order valence-electron chi connectivity index (χ3n) is 5.50. The van der Waals surface area contributed by atoms with Crippen LogP contribution in [-0.4, -0.2) is 27.3 Å². The summed E-state index contributed by atoms with van der Waals surface area (Å²) in [7, 11) is 0. The van der Waals surface area contributed by atoms with Crippen molar-refractivity contribution in [2.75, 3.05) is 11.9 Å². The first-order valence-electron chi connectivity index (χ1n) is 10.7. The lowest BCUT2D eigenvalue weighted by Crippen LogP contribution is -2.14. The van der Waals surface area contributed by atoms with Crippen LogP contribution < -0.4 is 15.6 Å². The Morgan fingerprint density at radius 1 is 1.03 bits per heavy atom. The molecule has 0 aliphatic rings. The van der Waals surface area contributed by atoms with Crippen LogP contribution in [-0.2, 0) is 0 Å². The van der Waals surface area contributed by atoms with Crippen molar-refractivity contribution in [3.8, 4) is 11.4 Å². The van der Waals surface area contributed by atoms with E-state index in [1.165, 1.54) is 4.68 Å². The zero-order valence-corrected chi connectivity index (χ0v) is 18.3. The van der Waals surface area contributed by atoms with E-state index >= 15 is 0 Å². The Labute approximate surface area is 189 Å². The Hall–Kier alpha value is -4.39. The molecule has 164 valence electrons. The van der Waals surface area contributed by atoms with E-state index < -0.39 is 0 Å². The minimum Gasteiger partial charge on any atom is -0.494 e. The van der Waals surface area contributed by atoms with Gasteiger partial charge in [0, 0.05) is 22.8 Å². The van der Waals surface area contributed by atoms with Crippen LogP contribution in [0, 0.1) is 6.92 Å². The largest absolute Gasteiger partial charge is 0.494 e. The normalized spacial score (nSPS) is 11.1. The number of fused-ring (bicyclic) bond motifs is 3. The monoisotopic (exact) mass is 438 g/mol. The second-order valence-electron chi connectivity index (χ2n) is 7.78. The first kappa shape index (κ1) is 20.5. The van der Waals surface area contributed by atoms with Crippen LogP contribution in [0.1, 0.15) is 22.8 Å². The summed E-state index contributed by atoms with van der Waals surface area (Å²) in [4.78, 5) is 30.3. The van der Waals surface area contributed by atoms with Gasteiger partial charge in [0.15, 0.2) is 0 Å². The van der Waals surface area contributed by atoms with Crippen molar-refractivity contribution in [3.63, 3.8) is 0 Å². The second kappa shape index (κ2) is 8.27. The number of aromatic nitrogens is 3. The van der Waals surface area contributed by atoms with Crippen molar-refractivity contribution in [2.45, 2.75) is 13.8 Å². The van der Waals surface area contributed by atoms with Gasteiger partial charge >= 0.3 is 0 Å². The highest BCUT2D eigenvalue weighted by molar-refractivity contribution is 6.10. The first-order valence-corrected chi connectivity index (χ1v) is 10.7. The fraction of sp³-hybridized carbons (Fsp3) is 0.115. The standard InChI is InChI=1S/C26H22N4O3/c1-3-33-20-11-7-18(8-12-20)28-25(31)17-6-13-23-21(14-17)24-22(15-27-23)26(32)30(29-24)19-9-4-16(2)5-10-19/h4-15,29H,3H2,1-2H3,(H,28,31). The van der Waals surface area contributed by atoms with Gasteiger partial charge in [-0.15, -0.1) is 0 Å². The number of nitrogens with zero attached hydrogens (tertiary/aromatic N) is 2. The number of aryl methyl sites for hydroxylation is 1. The van der Waals surface area contributed by atoms with Crippen LogP contribution in [0.4, 0.5) is 5.69 Å². The molecule has 33 heavy (non-hydrogen) atoms. The Kier molecular flexibility index (Phi) is 5.14. The number of pyridine rings is 1. The van der Waals surface area contributed by atoms with Crippen LogP contribution >= 0.6 is 0 Å². The molecule has 0 unspecified atom stereocenters. The number of carbonyl (C=O) groups is 1. The van der Waals surface area contributed by atoms with Crippen molar-refractivity contribution in [1.82, 2.24) is 14.8 Å². The van der Waals surface area contributed by atoms with Crippen LogP contribution in [0.15, 0.2) is 77.7 Å². The van der Waals surface area contributed by atoms with Crippen LogP contribution in [0.2, 0.25) is 0 Å². The fourth-order valence-corrected chi connectivity index (χ4v) is 3.78. The average molecular weight is 438 g/mol. The number of rotatable bonds is 5. The van der Waals surface area contributed by atoms with Gasteiger partial charge in [0.05, 0.1) is 28.7 Å². The number of hydrogen-bond donors (Lipinski definition) is 2. The van der Waals surface area contributed by atoms with Crippen molar-refractivity contribution < 1.29 is 9.53 Å². The Balaban J connectivity index is 1.52. The van der Waals surface area contributed by atoms with Crippen molar-refractivity contribution in [3.05, 3.63) is 94.4 Å². The molecule has 7 heteroatoms. The molecule has 2 heterocycles. The van der Waals surface area contributed by atoms with E-state index in [-0.39, 0.29) is 11.5 Å². The molecule has 7 nitrogen and oxygen atoms in total. The summed E-state index contributed by atoms with van der Waals surface area (Å²) in [6.07, 6.45) is 1.57. The Bertz CT molecular complexity index is 1530. The molecular formula is C26H22N4O3. The number of nitrogens with one attached hydrogen (secondary N) is 2. The summed E-state index contributed by atoms with van der Waals surface area (Å²) in [5.74, 6) is 0.495. The molecule has 0 fully saturated rings. The smallest absolute Gasteiger partial charge is 0.280 e. The number of H-pyrrole nitrogens is 1. The highest BCUT2D eigenvalue weighted by Crippen LogP contribution is 2.23. The predicted molar refractivity (Wildman–Crippen MR) is 129 cm³/mol. The summed E-state index contributed by atoms with van der Waals surface area (Å²) in [5.41, 5.74) is 4.12.